The molecule has 0 spiro atoms. The highest BCUT2D eigenvalue weighted by Gasteiger charge is 2.42. The Balaban J connectivity index is 1.49. The Labute approximate surface area is 323 Å². The highest BCUT2D eigenvalue weighted by atomic mass is 15.3. The highest BCUT2D eigenvalue weighted by Crippen LogP contribution is 2.41. The van der Waals surface area contributed by atoms with Gasteiger partial charge in [-0.1, -0.05) is 165 Å². The first-order chi connectivity index (χ1) is 24.5. The molecule has 0 amide bonds. The van der Waals surface area contributed by atoms with Gasteiger partial charge in [0.15, 0.2) is 0 Å². The van der Waals surface area contributed by atoms with E-state index in [1.807, 2.05) is 0 Å². The summed E-state index contributed by atoms with van der Waals surface area (Å²) in [7, 11) is 0. The van der Waals surface area contributed by atoms with E-state index in [2.05, 4.69) is 179 Å². The van der Waals surface area contributed by atoms with Crippen LogP contribution in [0.4, 0.5) is 0 Å². The average molecular weight is 714 g/mol. The lowest BCUT2D eigenvalue weighted by Crippen LogP contribution is -2.57. The largest absolute Gasteiger partial charge is 0.294 e. The maximum atomic E-state index is 2.96. The van der Waals surface area contributed by atoms with Crippen LogP contribution in [0.5, 0.6) is 0 Å². The summed E-state index contributed by atoms with van der Waals surface area (Å²) < 4.78 is 0. The van der Waals surface area contributed by atoms with Gasteiger partial charge in [-0.2, -0.15) is 0 Å². The molecule has 3 nitrogen and oxygen atoms in total. The molecule has 294 valence electrons. The molecule has 0 saturated heterocycles. The van der Waals surface area contributed by atoms with E-state index in [1.165, 1.54) is 0 Å². The van der Waals surface area contributed by atoms with E-state index in [4.69, 9.17) is 0 Å². The van der Waals surface area contributed by atoms with Crippen molar-refractivity contribution < 1.29 is 0 Å². The molecular weight excluding hydrogens is 631 g/mol. The third kappa shape index (κ3) is 8.53. The van der Waals surface area contributed by atoms with Crippen LogP contribution in [-0.4, -0.2) is 71.1 Å². The number of rotatable bonds is 11. The van der Waals surface area contributed by atoms with Gasteiger partial charge < -0.3 is 0 Å². The maximum Gasteiger partial charge on any atom is 0.0313 e. The van der Waals surface area contributed by atoms with E-state index in [0.717, 1.165) is 26.2 Å². The van der Waals surface area contributed by atoms with Crippen molar-refractivity contribution in [2.75, 3.05) is 26.2 Å². The predicted molar refractivity (Wildman–Crippen MR) is 227 cm³/mol. The molecule has 12 unspecified atom stereocenters. The van der Waals surface area contributed by atoms with E-state index >= 15 is 0 Å². The molecule has 0 N–H and O–H groups in total. The van der Waals surface area contributed by atoms with Gasteiger partial charge in [-0.05, 0) is 88.8 Å². The summed E-state index contributed by atoms with van der Waals surface area (Å²) in [6, 6.07) is 2.40. The second kappa shape index (κ2) is 17.6. The fraction of sp³-hybridized carbons (Fsp3) is 0.796. The quantitative estimate of drug-likeness (QED) is 0.197. The molecule has 0 aromatic carbocycles. The molecule has 0 radical (unpaired) electrons. The van der Waals surface area contributed by atoms with Crippen molar-refractivity contribution in [1.29, 1.82) is 0 Å². The van der Waals surface area contributed by atoms with Crippen LogP contribution in [0.3, 0.4) is 0 Å². The van der Waals surface area contributed by atoms with E-state index in [9.17, 15) is 0 Å². The van der Waals surface area contributed by atoms with Crippen LogP contribution in [0.2, 0.25) is 0 Å². The molecule has 20 atom stereocenters. The van der Waals surface area contributed by atoms with E-state index in [-0.39, 0.29) is 0 Å². The first-order valence-electron chi connectivity index (χ1n) is 22.2. The SMILES string of the molecule is CC1C=CC(N(CCN(C2C=C[C@@H](C)[C@@H](C)C2C)C2C=C[C@@H](C)[C@@H](C)C2C)CCN(C2C=CC(C)C(C)[C@@H]2C)[C@H]2C=CC(C)C(C)[C@@H]2C)[C@@H](C)C1C. The summed E-state index contributed by atoms with van der Waals surface area (Å²) in [6.45, 7) is 41.8. The molecule has 3 heteroatoms. The second-order valence-electron chi connectivity index (χ2n) is 19.8. The monoisotopic (exact) mass is 714 g/mol. The first-order valence-corrected chi connectivity index (χ1v) is 22.2. The van der Waals surface area contributed by atoms with Gasteiger partial charge in [0, 0.05) is 56.4 Å². The lowest BCUT2D eigenvalue weighted by atomic mass is 9.72. The van der Waals surface area contributed by atoms with Crippen LogP contribution >= 0.6 is 0 Å². The van der Waals surface area contributed by atoms with Crippen molar-refractivity contribution in [3.8, 4) is 0 Å². The molecule has 5 rings (SSSR count). The third-order valence-corrected chi connectivity index (χ3v) is 17.3. The zero-order valence-corrected chi connectivity index (χ0v) is 36.5. The van der Waals surface area contributed by atoms with E-state index < -0.39 is 0 Å². The van der Waals surface area contributed by atoms with Gasteiger partial charge in [-0.25, -0.2) is 0 Å². The number of allylic oxidation sites excluding steroid dienone is 5. The van der Waals surface area contributed by atoms with Crippen molar-refractivity contribution in [2.24, 2.45) is 88.8 Å². The Morgan fingerprint density at radius 1 is 0.250 bits per heavy atom. The summed E-state index contributed by atoms with van der Waals surface area (Å²) in [6.07, 6.45) is 25.7. The number of hydrogen-bond donors (Lipinski definition) is 0. The Bertz CT molecular complexity index is 1140. The van der Waals surface area contributed by atoms with Crippen LogP contribution < -0.4 is 0 Å². The van der Waals surface area contributed by atoms with Crippen molar-refractivity contribution in [1.82, 2.24) is 14.7 Å². The Morgan fingerprint density at radius 2 is 0.462 bits per heavy atom. The molecule has 5 aliphatic carbocycles. The second-order valence-corrected chi connectivity index (χ2v) is 19.8. The zero-order valence-electron chi connectivity index (χ0n) is 36.5. The summed E-state index contributed by atoms with van der Waals surface area (Å²) in [5.74, 6) is 9.88. The van der Waals surface area contributed by atoms with E-state index in [1.54, 1.807) is 0 Å². The fourth-order valence-corrected chi connectivity index (χ4v) is 11.1. The lowest BCUT2D eigenvalue weighted by Gasteiger charge is -2.50. The molecule has 0 aliphatic heterocycles. The van der Waals surface area contributed by atoms with Gasteiger partial charge >= 0.3 is 0 Å². The van der Waals surface area contributed by atoms with Crippen molar-refractivity contribution in [2.45, 2.75) is 134 Å². The molecule has 0 fully saturated rings. The minimum absolute atomic E-state index is 0.475. The fourth-order valence-electron chi connectivity index (χ4n) is 11.1. The van der Waals surface area contributed by atoms with Crippen LogP contribution in [-0.2, 0) is 0 Å². The molecule has 0 aromatic rings. The van der Waals surface area contributed by atoms with Crippen LogP contribution in [0, 0.1) is 88.8 Å². The topological polar surface area (TPSA) is 9.72 Å². The summed E-state index contributed by atoms with van der Waals surface area (Å²) in [5, 5.41) is 0. The molecule has 0 saturated carbocycles. The van der Waals surface area contributed by atoms with Crippen molar-refractivity contribution >= 4 is 0 Å². The van der Waals surface area contributed by atoms with Crippen molar-refractivity contribution in [3.05, 3.63) is 60.8 Å². The highest BCUT2D eigenvalue weighted by molar-refractivity contribution is 5.16. The minimum Gasteiger partial charge on any atom is -0.294 e. The van der Waals surface area contributed by atoms with Gasteiger partial charge in [0.25, 0.3) is 0 Å². The molecule has 5 aliphatic rings. The first kappa shape index (κ1) is 41.7. The molecule has 0 aromatic heterocycles. The summed E-state index contributed by atoms with van der Waals surface area (Å²) in [5.41, 5.74) is 0. The van der Waals surface area contributed by atoms with E-state index in [0.29, 0.717) is 119 Å². The Hall–Kier alpha value is -1.42. The smallest absolute Gasteiger partial charge is 0.0313 e. The standard InChI is InChI=1S/C49H83N3/c1-30-16-21-45(40(11)35(30)6)50(26-28-51(46-22-17-31(2)36(7)41(46)12)47-23-18-32(3)37(8)42(47)13)27-29-52(48-24-19-33(4)38(9)43(48)14)49-25-20-34(5)39(10)44(49)15/h16-25,30-49H,26-29H2,1-15H3/t30?,31-,32-,33?,34?,35?,36-,37-,38?,39?,40+,41?,42?,43+,44+,45?,46?,47?,48+,49?/m1/s1. The normalized spacial score (nSPS) is 48.0. The van der Waals surface area contributed by atoms with Gasteiger partial charge in [0.05, 0.1) is 0 Å². The Morgan fingerprint density at radius 3 is 0.712 bits per heavy atom. The minimum atomic E-state index is 0.475. The molecule has 0 heterocycles. The molecule has 0 bridgehead atoms. The van der Waals surface area contributed by atoms with Gasteiger partial charge in [0.1, 0.15) is 0 Å². The third-order valence-electron chi connectivity index (χ3n) is 17.3. The van der Waals surface area contributed by atoms with Crippen LogP contribution in [0.15, 0.2) is 60.8 Å². The van der Waals surface area contributed by atoms with Gasteiger partial charge in [-0.3, -0.25) is 14.7 Å². The summed E-state index contributed by atoms with van der Waals surface area (Å²) in [4.78, 5) is 8.87. The van der Waals surface area contributed by atoms with Crippen LogP contribution in [0.25, 0.3) is 0 Å². The molecular formula is C49H83N3. The van der Waals surface area contributed by atoms with Crippen LogP contribution in [0.1, 0.15) is 104 Å². The van der Waals surface area contributed by atoms with Gasteiger partial charge in [0.2, 0.25) is 0 Å². The zero-order chi connectivity index (χ0) is 38.2. The maximum absolute atomic E-state index is 2.96. The number of hydrogen-bond acceptors (Lipinski definition) is 3. The Kier molecular flexibility index (Phi) is 14.1. The number of nitrogens with zero attached hydrogens (tertiary/aromatic N) is 3. The lowest BCUT2D eigenvalue weighted by molar-refractivity contribution is 0.0252. The van der Waals surface area contributed by atoms with Gasteiger partial charge in [-0.15, -0.1) is 0 Å². The van der Waals surface area contributed by atoms with Crippen molar-refractivity contribution in [3.63, 3.8) is 0 Å². The molecule has 52 heavy (non-hydrogen) atoms. The summed E-state index contributed by atoms with van der Waals surface area (Å²) >= 11 is 0. The average Bonchev–Trinajstić information content (AvgIpc) is 3.12. The predicted octanol–water partition coefficient (Wildman–Crippen LogP) is 11.1.